The number of hydrogen-bond donors (Lipinski definition) is 1. The zero-order valence-electron chi connectivity index (χ0n) is 11.6. The summed E-state index contributed by atoms with van der Waals surface area (Å²) < 4.78 is 4.87. The summed E-state index contributed by atoms with van der Waals surface area (Å²) in [6.07, 6.45) is 6.14. The number of hydrogen-bond acceptors (Lipinski definition) is 3. The van der Waals surface area contributed by atoms with Crippen LogP contribution in [-0.4, -0.2) is 23.8 Å². The molecule has 0 saturated carbocycles. The van der Waals surface area contributed by atoms with Crippen molar-refractivity contribution < 1.29 is 14.6 Å². The average molecular weight is 244 g/mol. The van der Waals surface area contributed by atoms with Gasteiger partial charge in [-0.2, -0.15) is 0 Å². The molecule has 3 nitrogen and oxygen atoms in total. The summed E-state index contributed by atoms with van der Waals surface area (Å²) in [6.45, 7) is 6.47. The highest BCUT2D eigenvalue weighted by atomic mass is 16.5. The Hall–Kier alpha value is -0.570. The van der Waals surface area contributed by atoms with E-state index in [1.807, 2.05) is 0 Å². The maximum absolute atomic E-state index is 11.3. The number of aliphatic hydroxyl groups excluding tert-OH is 1. The van der Waals surface area contributed by atoms with Crippen LogP contribution in [0.5, 0.6) is 0 Å². The molecule has 0 saturated heterocycles. The number of carbonyl (C=O) groups excluding carboxylic acids is 1. The zero-order valence-corrected chi connectivity index (χ0v) is 11.6. The highest BCUT2D eigenvalue weighted by Crippen LogP contribution is 2.22. The molecule has 1 N–H and O–H groups in total. The van der Waals surface area contributed by atoms with Gasteiger partial charge in [-0.3, -0.25) is 4.79 Å². The molecular weight excluding hydrogens is 216 g/mol. The molecule has 0 bridgehead atoms. The SMILES string of the molecule is CCCCC(CCCC)C(O)CC(=O)OCC. The van der Waals surface area contributed by atoms with Gasteiger partial charge in [0.2, 0.25) is 0 Å². The number of esters is 1. The summed E-state index contributed by atoms with van der Waals surface area (Å²) >= 11 is 0. The van der Waals surface area contributed by atoms with Crippen molar-refractivity contribution in [2.45, 2.75) is 71.8 Å². The van der Waals surface area contributed by atoms with Gasteiger partial charge in [-0.05, 0) is 25.7 Å². The van der Waals surface area contributed by atoms with Crippen LogP contribution in [0.2, 0.25) is 0 Å². The quantitative estimate of drug-likeness (QED) is 0.600. The largest absolute Gasteiger partial charge is 0.466 e. The van der Waals surface area contributed by atoms with Gasteiger partial charge in [0.05, 0.1) is 19.1 Å². The maximum atomic E-state index is 11.3. The Labute approximate surface area is 106 Å². The fourth-order valence-electron chi connectivity index (χ4n) is 2.02. The second kappa shape index (κ2) is 10.6. The molecule has 1 unspecified atom stereocenters. The summed E-state index contributed by atoms with van der Waals surface area (Å²) in [6, 6.07) is 0. The van der Waals surface area contributed by atoms with Gasteiger partial charge in [-0.15, -0.1) is 0 Å². The normalized spacial score (nSPS) is 12.8. The summed E-state index contributed by atoms with van der Waals surface area (Å²) in [7, 11) is 0. The first-order valence-electron chi connectivity index (χ1n) is 6.99. The van der Waals surface area contributed by atoms with E-state index in [4.69, 9.17) is 4.74 Å². The topological polar surface area (TPSA) is 46.5 Å². The van der Waals surface area contributed by atoms with Crippen LogP contribution in [0.15, 0.2) is 0 Å². The monoisotopic (exact) mass is 244 g/mol. The first-order chi connectivity index (χ1) is 8.15. The predicted molar refractivity (Wildman–Crippen MR) is 69.8 cm³/mol. The van der Waals surface area contributed by atoms with Gasteiger partial charge in [-0.1, -0.05) is 39.5 Å². The molecule has 0 spiro atoms. The second-order valence-electron chi connectivity index (χ2n) is 4.62. The fourth-order valence-corrected chi connectivity index (χ4v) is 2.02. The van der Waals surface area contributed by atoms with Crippen molar-refractivity contribution in [3.63, 3.8) is 0 Å². The van der Waals surface area contributed by atoms with Crippen LogP contribution in [0.4, 0.5) is 0 Å². The van der Waals surface area contributed by atoms with Crippen molar-refractivity contribution in [3.8, 4) is 0 Å². The Kier molecular flexibility index (Phi) is 10.2. The van der Waals surface area contributed by atoms with Crippen molar-refractivity contribution in [3.05, 3.63) is 0 Å². The Bertz CT molecular complexity index is 184. The molecule has 0 aliphatic heterocycles. The lowest BCUT2D eigenvalue weighted by Gasteiger charge is -2.22. The summed E-state index contributed by atoms with van der Waals surface area (Å²) in [5.74, 6) is -0.0303. The van der Waals surface area contributed by atoms with Crippen molar-refractivity contribution in [2.75, 3.05) is 6.61 Å². The molecule has 1 atom stereocenters. The van der Waals surface area contributed by atoms with E-state index in [0.29, 0.717) is 6.61 Å². The van der Waals surface area contributed by atoms with Crippen LogP contribution in [-0.2, 0) is 9.53 Å². The minimum absolute atomic E-state index is 0.145. The minimum Gasteiger partial charge on any atom is -0.466 e. The average Bonchev–Trinajstić information content (AvgIpc) is 2.29. The van der Waals surface area contributed by atoms with Crippen LogP contribution in [0.1, 0.15) is 65.7 Å². The maximum Gasteiger partial charge on any atom is 0.308 e. The van der Waals surface area contributed by atoms with Crippen LogP contribution in [0.3, 0.4) is 0 Å². The molecule has 0 fully saturated rings. The summed E-state index contributed by atoms with van der Waals surface area (Å²) in [4.78, 5) is 11.3. The zero-order chi connectivity index (χ0) is 13.1. The van der Waals surface area contributed by atoms with Crippen molar-refractivity contribution >= 4 is 5.97 Å². The molecule has 0 aromatic carbocycles. The number of rotatable bonds is 10. The van der Waals surface area contributed by atoms with E-state index in [9.17, 15) is 9.90 Å². The number of unbranched alkanes of at least 4 members (excludes halogenated alkanes) is 2. The van der Waals surface area contributed by atoms with Gasteiger partial charge in [0.25, 0.3) is 0 Å². The molecule has 0 aromatic rings. The summed E-state index contributed by atoms with van der Waals surface area (Å²) in [5, 5.41) is 10.1. The minimum atomic E-state index is -0.535. The van der Waals surface area contributed by atoms with Crippen molar-refractivity contribution in [1.29, 1.82) is 0 Å². The molecule has 0 amide bonds. The number of aliphatic hydroxyl groups is 1. The van der Waals surface area contributed by atoms with E-state index >= 15 is 0 Å². The van der Waals surface area contributed by atoms with Gasteiger partial charge < -0.3 is 9.84 Å². The molecule has 0 rings (SSSR count). The molecule has 0 radical (unpaired) electrons. The Balaban J connectivity index is 4.09. The molecule has 3 heteroatoms. The standard InChI is InChI=1S/C14H28O3/c1-4-7-9-12(10-8-5-2)13(15)11-14(16)17-6-3/h12-13,15H,4-11H2,1-3H3. The fraction of sp³-hybridized carbons (Fsp3) is 0.929. The van der Waals surface area contributed by atoms with Gasteiger partial charge in [-0.25, -0.2) is 0 Å². The molecule has 0 aromatic heterocycles. The van der Waals surface area contributed by atoms with E-state index < -0.39 is 6.10 Å². The van der Waals surface area contributed by atoms with Crippen LogP contribution in [0, 0.1) is 5.92 Å². The lowest BCUT2D eigenvalue weighted by atomic mass is 9.89. The van der Waals surface area contributed by atoms with Gasteiger partial charge in [0, 0.05) is 0 Å². The third-order valence-corrected chi connectivity index (χ3v) is 3.08. The summed E-state index contributed by atoms with van der Waals surface area (Å²) in [5.41, 5.74) is 0. The Morgan fingerprint density at radius 2 is 1.65 bits per heavy atom. The van der Waals surface area contributed by atoms with E-state index in [0.717, 1.165) is 38.5 Å². The highest BCUT2D eigenvalue weighted by molar-refractivity contribution is 5.69. The Morgan fingerprint density at radius 1 is 1.12 bits per heavy atom. The molecule has 0 aliphatic rings. The third-order valence-electron chi connectivity index (χ3n) is 3.08. The molecule has 0 aliphatic carbocycles. The Morgan fingerprint density at radius 3 is 2.06 bits per heavy atom. The van der Waals surface area contributed by atoms with Crippen LogP contribution in [0.25, 0.3) is 0 Å². The second-order valence-corrected chi connectivity index (χ2v) is 4.62. The van der Waals surface area contributed by atoms with Gasteiger partial charge >= 0.3 is 5.97 Å². The van der Waals surface area contributed by atoms with Gasteiger partial charge in [0.15, 0.2) is 0 Å². The molecular formula is C14H28O3. The first-order valence-corrected chi connectivity index (χ1v) is 6.99. The number of ether oxygens (including phenoxy) is 1. The predicted octanol–water partition coefficient (Wildman–Crippen LogP) is 3.30. The smallest absolute Gasteiger partial charge is 0.308 e. The molecule has 0 heterocycles. The first kappa shape index (κ1) is 16.4. The van der Waals surface area contributed by atoms with Crippen molar-refractivity contribution in [1.82, 2.24) is 0 Å². The van der Waals surface area contributed by atoms with Crippen molar-refractivity contribution in [2.24, 2.45) is 5.92 Å². The van der Waals surface area contributed by atoms with Crippen LogP contribution >= 0.6 is 0 Å². The van der Waals surface area contributed by atoms with Crippen LogP contribution < -0.4 is 0 Å². The molecule has 102 valence electrons. The van der Waals surface area contributed by atoms with E-state index in [2.05, 4.69) is 13.8 Å². The lowest BCUT2D eigenvalue weighted by Crippen LogP contribution is -2.25. The van der Waals surface area contributed by atoms with E-state index in [-0.39, 0.29) is 18.3 Å². The highest BCUT2D eigenvalue weighted by Gasteiger charge is 2.21. The van der Waals surface area contributed by atoms with Gasteiger partial charge in [0.1, 0.15) is 0 Å². The number of carbonyl (C=O) groups is 1. The van der Waals surface area contributed by atoms with E-state index in [1.54, 1.807) is 6.92 Å². The lowest BCUT2D eigenvalue weighted by molar-refractivity contribution is -0.146. The van der Waals surface area contributed by atoms with E-state index in [1.165, 1.54) is 0 Å². The third kappa shape index (κ3) is 8.19. The molecule has 17 heavy (non-hydrogen) atoms.